The first-order valence-electron chi connectivity index (χ1n) is 8.33. The van der Waals surface area contributed by atoms with Gasteiger partial charge >= 0.3 is 0 Å². The smallest absolute Gasteiger partial charge is 0.123 e. The van der Waals surface area contributed by atoms with Crippen LogP contribution in [0.2, 0.25) is 0 Å². The molecule has 1 aliphatic rings. The summed E-state index contributed by atoms with van der Waals surface area (Å²) in [5.41, 5.74) is 1.07. The van der Waals surface area contributed by atoms with Gasteiger partial charge in [-0.25, -0.2) is 4.39 Å². The van der Waals surface area contributed by atoms with Gasteiger partial charge in [0.15, 0.2) is 0 Å². The third-order valence-electron chi connectivity index (χ3n) is 4.51. The molecule has 2 nitrogen and oxygen atoms in total. The molecule has 0 aromatic heterocycles. The van der Waals surface area contributed by atoms with Crippen LogP contribution in [0.4, 0.5) is 4.39 Å². The van der Waals surface area contributed by atoms with Crippen LogP contribution in [0.15, 0.2) is 24.3 Å². The summed E-state index contributed by atoms with van der Waals surface area (Å²) in [6, 6.07) is 7.97. The Morgan fingerprint density at radius 1 is 1.38 bits per heavy atom. The summed E-state index contributed by atoms with van der Waals surface area (Å²) in [7, 11) is 0. The van der Waals surface area contributed by atoms with E-state index < -0.39 is 0 Å². The van der Waals surface area contributed by atoms with Crippen LogP contribution >= 0.6 is 0 Å². The van der Waals surface area contributed by atoms with Gasteiger partial charge in [0.25, 0.3) is 0 Å². The summed E-state index contributed by atoms with van der Waals surface area (Å²) in [5.74, 6) is 0.662. The zero-order valence-corrected chi connectivity index (χ0v) is 13.6. The number of rotatable bonds is 7. The van der Waals surface area contributed by atoms with Crippen LogP contribution in [0.3, 0.4) is 0 Å². The molecular formula is C18H29FN2. The van der Waals surface area contributed by atoms with Gasteiger partial charge < -0.3 is 10.2 Å². The van der Waals surface area contributed by atoms with Gasteiger partial charge in [0.05, 0.1) is 0 Å². The third kappa shape index (κ3) is 4.79. The number of hydrogen-bond donors (Lipinski definition) is 1. The summed E-state index contributed by atoms with van der Waals surface area (Å²) in [4.78, 5) is 2.57. The maximum absolute atomic E-state index is 13.5. The van der Waals surface area contributed by atoms with Crippen molar-refractivity contribution >= 4 is 0 Å². The first-order valence-corrected chi connectivity index (χ1v) is 8.33. The highest BCUT2D eigenvalue weighted by Crippen LogP contribution is 2.25. The first kappa shape index (κ1) is 16.4. The molecule has 3 heteroatoms. The lowest BCUT2D eigenvalue weighted by Crippen LogP contribution is -2.32. The molecule has 1 aromatic carbocycles. The second-order valence-corrected chi connectivity index (χ2v) is 6.54. The van der Waals surface area contributed by atoms with Crippen LogP contribution in [0.25, 0.3) is 0 Å². The topological polar surface area (TPSA) is 15.3 Å². The Balaban J connectivity index is 1.96. The molecule has 0 saturated carbocycles. The standard InChI is InChI=1S/C18H29FN2/c1-4-9-20-18(16-6-5-7-17(19)12-16)8-10-21-13-14(2)11-15(21)3/h5-7,12,14-15,18,20H,4,8-11,13H2,1-3H3. The van der Waals surface area contributed by atoms with Crippen molar-refractivity contribution in [2.75, 3.05) is 19.6 Å². The van der Waals surface area contributed by atoms with Gasteiger partial charge in [-0.3, -0.25) is 0 Å². The van der Waals surface area contributed by atoms with E-state index in [9.17, 15) is 4.39 Å². The molecule has 1 aliphatic heterocycles. The normalized spacial score (nSPS) is 24.4. The molecule has 0 spiro atoms. The molecule has 0 amide bonds. The van der Waals surface area contributed by atoms with E-state index in [1.54, 1.807) is 6.07 Å². The van der Waals surface area contributed by atoms with Crippen molar-refractivity contribution in [1.82, 2.24) is 10.2 Å². The summed E-state index contributed by atoms with van der Waals surface area (Å²) < 4.78 is 13.5. The maximum Gasteiger partial charge on any atom is 0.123 e. The van der Waals surface area contributed by atoms with Crippen LogP contribution < -0.4 is 5.32 Å². The first-order chi connectivity index (χ1) is 10.1. The molecule has 0 aliphatic carbocycles. The molecular weight excluding hydrogens is 263 g/mol. The lowest BCUT2D eigenvalue weighted by molar-refractivity contribution is 0.248. The molecule has 1 N–H and O–H groups in total. The van der Waals surface area contributed by atoms with Gasteiger partial charge in [-0.2, -0.15) is 0 Å². The average molecular weight is 292 g/mol. The van der Waals surface area contributed by atoms with E-state index in [1.165, 1.54) is 19.0 Å². The molecule has 2 rings (SSSR count). The van der Waals surface area contributed by atoms with E-state index in [-0.39, 0.29) is 11.9 Å². The third-order valence-corrected chi connectivity index (χ3v) is 4.51. The molecule has 1 saturated heterocycles. The Morgan fingerprint density at radius 3 is 2.81 bits per heavy atom. The monoisotopic (exact) mass is 292 g/mol. The number of likely N-dealkylation sites (tertiary alicyclic amines) is 1. The fourth-order valence-electron chi connectivity index (χ4n) is 3.42. The van der Waals surface area contributed by atoms with Crippen LogP contribution in [0.5, 0.6) is 0 Å². The molecule has 3 atom stereocenters. The van der Waals surface area contributed by atoms with Crippen molar-refractivity contribution in [2.45, 2.75) is 52.1 Å². The van der Waals surface area contributed by atoms with Crippen molar-refractivity contribution in [2.24, 2.45) is 5.92 Å². The Morgan fingerprint density at radius 2 is 2.19 bits per heavy atom. The van der Waals surface area contributed by atoms with Gasteiger partial charge in [0.1, 0.15) is 5.82 Å². The second kappa shape index (κ2) is 7.90. The molecule has 1 fully saturated rings. The Bertz CT molecular complexity index is 435. The van der Waals surface area contributed by atoms with Gasteiger partial charge in [-0.15, -0.1) is 0 Å². The van der Waals surface area contributed by atoms with E-state index in [0.717, 1.165) is 37.4 Å². The van der Waals surface area contributed by atoms with Gasteiger partial charge in [-0.05, 0) is 56.3 Å². The van der Waals surface area contributed by atoms with E-state index in [0.29, 0.717) is 6.04 Å². The van der Waals surface area contributed by atoms with Gasteiger partial charge in [0.2, 0.25) is 0 Å². The molecule has 0 radical (unpaired) electrons. The van der Waals surface area contributed by atoms with Crippen molar-refractivity contribution in [3.05, 3.63) is 35.6 Å². The Kier molecular flexibility index (Phi) is 6.19. The van der Waals surface area contributed by atoms with Crippen molar-refractivity contribution in [1.29, 1.82) is 0 Å². The minimum Gasteiger partial charge on any atom is -0.310 e. The molecule has 0 bridgehead atoms. The lowest BCUT2D eigenvalue weighted by atomic mass is 10.0. The fourth-order valence-corrected chi connectivity index (χ4v) is 3.42. The number of benzene rings is 1. The quantitative estimate of drug-likeness (QED) is 0.817. The Hall–Kier alpha value is -0.930. The van der Waals surface area contributed by atoms with Gasteiger partial charge in [0, 0.05) is 25.2 Å². The Labute approximate surface area is 128 Å². The van der Waals surface area contributed by atoms with Crippen molar-refractivity contribution in [3.63, 3.8) is 0 Å². The second-order valence-electron chi connectivity index (χ2n) is 6.54. The van der Waals surface area contributed by atoms with Crippen LogP contribution in [-0.4, -0.2) is 30.6 Å². The highest BCUT2D eigenvalue weighted by Gasteiger charge is 2.26. The molecule has 1 heterocycles. The molecule has 21 heavy (non-hydrogen) atoms. The number of nitrogens with one attached hydrogen (secondary N) is 1. The van der Waals surface area contributed by atoms with Crippen LogP contribution in [0.1, 0.15) is 51.6 Å². The van der Waals surface area contributed by atoms with Crippen LogP contribution in [0, 0.1) is 11.7 Å². The maximum atomic E-state index is 13.5. The SMILES string of the molecule is CCCNC(CCN1CC(C)CC1C)c1cccc(F)c1. The number of hydrogen-bond acceptors (Lipinski definition) is 2. The number of halogens is 1. The van der Waals surface area contributed by atoms with E-state index in [1.807, 2.05) is 12.1 Å². The zero-order chi connectivity index (χ0) is 15.2. The van der Waals surface area contributed by atoms with Crippen LogP contribution in [-0.2, 0) is 0 Å². The van der Waals surface area contributed by atoms with E-state index >= 15 is 0 Å². The fraction of sp³-hybridized carbons (Fsp3) is 0.667. The largest absolute Gasteiger partial charge is 0.310 e. The highest BCUT2D eigenvalue weighted by molar-refractivity contribution is 5.20. The predicted molar refractivity (Wildman–Crippen MR) is 86.9 cm³/mol. The zero-order valence-electron chi connectivity index (χ0n) is 13.6. The predicted octanol–water partition coefficient (Wildman–Crippen LogP) is 3.99. The summed E-state index contributed by atoms with van der Waals surface area (Å²) in [6.45, 7) is 10.1. The average Bonchev–Trinajstić information content (AvgIpc) is 2.77. The summed E-state index contributed by atoms with van der Waals surface area (Å²) >= 11 is 0. The van der Waals surface area contributed by atoms with Gasteiger partial charge in [-0.1, -0.05) is 26.0 Å². The molecule has 1 aromatic rings. The minimum atomic E-state index is -0.140. The molecule has 118 valence electrons. The highest BCUT2D eigenvalue weighted by atomic mass is 19.1. The number of nitrogens with zero attached hydrogens (tertiary/aromatic N) is 1. The van der Waals surface area contributed by atoms with Crippen molar-refractivity contribution < 1.29 is 4.39 Å². The lowest BCUT2D eigenvalue weighted by Gasteiger charge is -2.25. The summed E-state index contributed by atoms with van der Waals surface area (Å²) in [6.07, 6.45) is 3.44. The summed E-state index contributed by atoms with van der Waals surface area (Å²) in [5, 5.41) is 3.57. The molecule has 3 unspecified atom stereocenters. The van der Waals surface area contributed by atoms with Crippen molar-refractivity contribution in [3.8, 4) is 0 Å². The van der Waals surface area contributed by atoms with E-state index in [4.69, 9.17) is 0 Å². The van der Waals surface area contributed by atoms with E-state index in [2.05, 4.69) is 31.0 Å². The minimum absolute atomic E-state index is 0.140.